The summed E-state index contributed by atoms with van der Waals surface area (Å²) in [6.07, 6.45) is 6.87. The molecule has 0 saturated carbocycles. The van der Waals surface area contributed by atoms with Crippen molar-refractivity contribution in [3.05, 3.63) is 130 Å². The third-order valence-electron chi connectivity index (χ3n) is 9.75. The number of hydrogen-bond acceptors (Lipinski definition) is 7. The highest BCUT2D eigenvalue weighted by Gasteiger charge is 2.25. The van der Waals surface area contributed by atoms with E-state index in [4.69, 9.17) is 14.8 Å². The number of ether oxygens (including phenoxy) is 1. The van der Waals surface area contributed by atoms with Crippen LogP contribution < -0.4 is 0 Å². The van der Waals surface area contributed by atoms with Crippen LogP contribution in [0.25, 0.3) is 17.7 Å². The summed E-state index contributed by atoms with van der Waals surface area (Å²) in [6, 6.07) is 34.6. The molecule has 7 heteroatoms. The van der Waals surface area contributed by atoms with Crippen LogP contribution in [0.15, 0.2) is 117 Å². The first-order chi connectivity index (χ1) is 24.2. The van der Waals surface area contributed by atoms with Gasteiger partial charge in [0.1, 0.15) is 5.84 Å². The Morgan fingerprint density at radius 1 is 0.673 bits per heavy atom. The number of amidine groups is 1. The molecule has 0 unspecified atom stereocenters. The zero-order valence-corrected chi connectivity index (χ0v) is 29.2. The number of aliphatic hydroxyl groups excluding tert-OH is 1. The van der Waals surface area contributed by atoms with Gasteiger partial charge in [0.15, 0.2) is 0 Å². The number of benzene rings is 4. The molecule has 0 bridgehead atoms. The van der Waals surface area contributed by atoms with Crippen molar-refractivity contribution in [3.8, 4) is 0 Å². The number of aliphatic imine (C=N–C) groups is 1. The van der Waals surface area contributed by atoms with E-state index in [1.165, 1.54) is 56.0 Å². The van der Waals surface area contributed by atoms with Crippen molar-refractivity contribution < 1.29 is 9.84 Å². The highest BCUT2D eigenvalue weighted by atomic mass is 32.2. The summed E-state index contributed by atoms with van der Waals surface area (Å²) >= 11 is 1.80. The number of nitrogens with zero attached hydrogens (tertiary/aromatic N) is 4. The number of hydrogen-bond donors (Lipinski definition) is 1. The topological polar surface area (TPSA) is 51.5 Å². The van der Waals surface area contributed by atoms with E-state index in [0.29, 0.717) is 13.2 Å². The highest BCUT2D eigenvalue weighted by Crippen LogP contribution is 2.41. The second kappa shape index (κ2) is 16.2. The van der Waals surface area contributed by atoms with Crippen molar-refractivity contribution in [3.63, 3.8) is 0 Å². The molecular formula is C42H46N4O2S. The molecule has 3 heterocycles. The molecule has 2 saturated heterocycles. The molecule has 0 atom stereocenters. The maximum atomic E-state index is 8.79. The van der Waals surface area contributed by atoms with Crippen molar-refractivity contribution in [1.29, 1.82) is 0 Å². The van der Waals surface area contributed by atoms with Crippen molar-refractivity contribution in [2.24, 2.45) is 4.99 Å². The first kappa shape index (κ1) is 33.5. The maximum Gasteiger partial charge on any atom is 0.137 e. The molecule has 252 valence electrons. The van der Waals surface area contributed by atoms with E-state index in [0.717, 1.165) is 57.3 Å². The van der Waals surface area contributed by atoms with E-state index in [1.807, 2.05) is 0 Å². The average Bonchev–Trinajstić information content (AvgIpc) is 3.43. The number of aliphatic hydroxyl groups is 1. The van der Waals surface area contributed by atoms with E-state index in [1.54, 1.807) is 17.3 Å². The van der Waals surface area contributed by atoms with Gasteiger partial charge in [-0.3, -0.25) is 4.90 Å². The number of piperazine rings is 1. The number of fused-ring (bicyclic) bond motifs is 4. The second-order valence-electron chi connectivity index (χ2n) is 13.0. The van der Waals surface area contributed by atoms with E-state index >= 15 is 0 Å². The Morgan fingerprint density at radius 3 is 1.94 bits per heavy atom. The lowest BCUT2D eigenvalue weighted by Gasteiger charge is -2.36. The fraction of sp³-hybridized carbons (Fsp3) is 0.310. The fourth-order valence-electron chi connectivity index (χ4n) is 7.04. The van der Waals surface area contributed by atoms with Gasteiger partial charge in [-0.25, -0.2) is 4.99 Å². The molecular weight excluding hydrogens is 625 g/mol. The van der Waals surface area contributed by atoms with Crippen molar-refractivity contribution in [2.75, 3.05) is 72.7 Å². The van der Waals surface area contributed by atoms with Crippen LogP contribution in [0.2, 0.25) is 0 Å². The van der Waals surface area contributed by atoms with Crippen LogP contribution in [0.1, 0.15) is 40.7 Å². The highest BCUT2D eigenvalue weighted by molar-refractivity contribution is 7.99. The van der Waals surface area contributed by atoms with Crippen molar-refractivity contribution in [1.82, 2.24) is 14.7 Å². The molecule has 8 rings (SSSR count). The lowest BCUT2D eigenvalue weighted by Crippen LogP contribution is -2.49. The molecule has 1 aliphatic carbocycles. The summed E-state index contributed by atoms with van der Waals surface area (Å²) in [5.41, 5.74) is 10.8. The SMILES string of the molecule is CN1CCC(=C2c3ccccc3C=Cc3ccccc32)CC1.OCCOCCN1CCN(C2=Nc3ccccc3Sc3ccccc32)CC1. The molecule has 1 N–H and O–H groups in total. The second-order valence-corrected chi connectivity index (χ2v) is 14.0. The Labute approximate surface area is 295 Å². The molecule has 0 spiro atoms. The number of para-hydroxylation sites is 1. The van der Waals surface area contributed by atoms with Gasteiger partial charge in [0.25, 0.3) is 0 Å². The third-order valence-corrected chi connectivity index (χ3v) is 10.9. The first-order valence-corrected chi connectivity index (χ1v) is 18.4. The Bertz CT molecular complexity index is 1780. The van der Waals surface area contributed by atoms with Crippen LogP contribution in [-0.2, 0) is 4.74 Å². The van der Waals surface area contributed by atoms with Crippen LogP contribution in [0.5, 0.6) is 0 Å². The van der Waals surface area contributed by atoms with Gasteiger partial charge in [-0.1, -0.05) is 108 Å². The molecule has 49 heavy (non-hydrogen) atoms. The van der Waals surface area contributed by atoms with Gasteiger partial charge >= 0.3 is 0 Å². The van der Waals surface area contributed by atoms with Gasteiger partial charge in [-0.2, -0.15) is 0 Å². The van der Waals surface area contributed by atoms with Crippen molar-refractivity contribution >= 4 is 41.0 Å². The van der Waals surface area contributed by atoms with Gasteiger partial charge in [0, 0.05) is 61.2 Å². The van der Waals surface area contributed by atoms with Gasteiger partial charge < -0.3 is 19.6 Å². The normalized spacial score (nSPS) is 17.4. The van der Waals surface area contributed by atoms with Crippen molar-refractivity contribution in [2.45, 2.75) is 22.6 Å². The van der Waals surface area contributed by atoms with Crippen LogP contribution in [0, 0.1) is 0 Å². The molecule has 0 radical (unpaired) electrons. The molecule has 3 aliphatic heterocycles. The summed E-state index contributed by atoms with van der Waals surface area (Å²) in [7, 11) is 2.22. The molecule has 4 aliphatic rings. The maximum absolute atomic E-state index is 8.79. The predicted molar refractivity (Wildman–Crippen MR) is 204 cm³/mol. The molecule has 4 aromatic carbocycles. The molecule has 0 amide bonds. The quantitative estimate of drug-likeness (QED) is 0.195. The van der Waals surface area contributed by atoms with Gasteiger partial charge in [0.05, 0.1) is 25.5 Å². The van der Waals surface area contributed by atoms with Crippen LogP contribution in [0.4, 0.5) is 5.69 Å². The molecule has 2 fully saturated rings. The summed E-state index contributed by atoms with van der Waals surface area (Å²) in [6.45, 7) is 8.34. The first-order valence-electron chi connectivity index (χ1n) is 17.6. The summed E-state index contributed by atoms with van der Waals surface area (Å²) < 4.78 is 5.40. The van der Waals surface area contributed by atoms with E-state index in [2.05, 4.69) is 131 Å². The fourth-order valence-corrected chi connectivity index (χ4v) is 8.06. The Morgan fingerprint density at radius 2 is 1.27 bits per heavy atom. The number of likely N-dealkylation sites (tertiary alicyclic amines) is 1. The minimum atomic E-state index is 0.0898. The minimum Gasteiger partial charge on any atom is -0.394 e. The number of piperidine rings is 1. The largest absolute Gasteiger partial charge is 0.394 e. The Hall–Kier alpha value is -3.98. The van der Waals surface area contributed by atoms with Gasteiger partial charge in [0.2, 0.25) is 0 Å². The summed E-state index contributed by atoms with van der Waals surface area (Å²) in [4.78, 5) is 14.8. The van der Waals surface area contributed by atoms with Crippen LogP contribution >= 0.6 is 11.8 Å². The smallest absolute Gasteiger partial charge is 0.137 e. The molecule has 6 nitrogen and oxygen atoms in total. The Balaban J connectivity index is 0.000000157. The van der Waals surface area contributed by atoms with Gasteiger partial charge in [-0.15, -0.1) is 0 Å². The monoisotopic (exact) mass is 670 g/mol. The van der Waals surface area contributed by atoms with Gasteiger partial charge in [-0.05, 0) is 65.9 Å². The summed E-state index contributed by atoms with van der Waals surface area (Å²) in [5, 5.41) is 8.79. The molecule has 4 aromatic rings. The number of rotatable bonds is 5. The third kappa shape index (κ3) is 7.93. The Kier molecular flexibility index (Phi) is 11.0. The van der Waals surface area contributed by atoms with E-state index in [9.17, 15) is 0 Å². The zero-order valence-electron chi connectivity index (χ0n) is 28.4. The molecule has 0 aromatic heterocycles. The van der Waals surface area contributed by atoms with Crippen LogP contribution in [-0.4, -0.2) is 98.3 Å². The standard InChI is InChI=1S/C21H25N3O2S.C21H21N/c25-14-16-26-15-13-23-9-11-24(12-10-23)21-17-5-1-3-7-19(17)27-20-8-4-2-6-18(20)22-21;1-22-14-12-18(13-15-22)21-19-8-4-2-6-16(19)10-11-17-7-3-5-9-20(17)21/h1-8,25H,9-16H2;2-11H,12-15H2,1H3. The summed E-state index contributed by atoms with van der Waals surface area (Å²) in [5.74, 6) is 1.08. The van der Waals surface area contributed by atoms with E-state index < -0.39 is 0 Å². The lowest BCUT2D eigenvalue weighted by molar-refractivity contribution is 0.0652. The van der Waals surface area contributed by atoms with Crippen LogP contribution in [0.3, 0.4) is 0 Å². The minimum absolute atomic E-state index is 0.0898. The lowest BCUT2D eigenvalue weighted by atomic mass is 9.86. The average molecular weight is 671 g/mol. The van der Waals surface area contributed by atoms with E-state index in [-0.39, 0.29) is 6.61 Å². The predicted octanol–water partition coefficient (Wildman–Crippen LogP) is 7.55. The zero-order chi connectivity index (χ0) is 33.4.